The third kappa shape index (κ3) is 4.04. The van der Waals surface area contributed by atoms with Crippen LogP contribution in [0.1, 0.15) is 46.4 Å². The summed E-state index contributed by atoms with van der Waals surface area (Å²) in [6.45, 7) is 9.82. The predicted molar refractivity (Wildman–Crippen MR) is 112 cm³/mol. The predicted octanol–water partition coefficient (Wildman–Crippen LogP) is 3.70. The molecule has 27 heavy (non-hydrogen) atoms. The van der Waals surface area contributed by atoms with Crippen LogP contribution >= 0.6 is 11.3 Å². The first-order valence-corrected chi connectivity index (χ1v) is 10.1. The highest BCUT2D eigenvalue weighted by molar-refractivity contribution is 7.12. The van der Waals surface area contributed by atoms with E-state index in [1.54, 1.807) is 17.5 Å². The topological polar surface area (TPSA) is 71.8 Å². The number of amides is 1. The Balaban J connectivity index is 2.08. The average Bonchev–Trinajstić information content (AvgIpc) is 3.20. The SMILES string of the molecule is CNCCCNC(=O)c1cc(-c2cc(C)sc2C)nc2c1cnn2C(C)C. The summed E-state index contributed by atoms with van der Waals surface area (Å²) in [6, 6.07) is 4.21. The summed E-state index contributed by atoms with van der Waals surface area (Å²) in [5, 5.41) is 11.4. The van der Waals surface area contributed by atoms with E-state index in [1.165, 1.54) is 9.75 Å². The number of carbonyl (C=O) groups is 1. The quantitative estimate of drug-likeness (QED) is 0.609. The Morgan fingerprint density at radius 3 is 2.67 bits per heavy atom. The molecule has 0 fully saturated rings. The summed E-state index contributed by atoms with van der Waals surface area (Å²) < 4.78 is 1.88. The fraction of sp³-hybridized carbons (Fsp3) is 0.450. The second-order valence-electron chi connectivity index (χ2n) is 7.02. The number of aromatic nitrogens is 3. The molecular weight excluding hydrogens is 358 g/mol. The molecule has 0 unspecified atom stereocenters. The van der Waals surface area contributed by atoms with Gasteiger partial charge in [-0.1, -0.05) is 0 Å². The molecule has 0 aromatic carbocycles. The first-order valence-electron chi connectivity index (χ1n) is 9.30. The van der Waals surface area contributed by atoms with Gasteiger partial charge in [0.25, 0.3) is 5.91 Å². The molecule has 0 aliphatic carbocycles. The first-order chi connectivity index (χ1) is 12.9. The Bertz CT molecular complexity index is 957. The lowest BCUT2D eigenvalue weighted by atomic mass is 10.1. The highest BCUT2D eigenvalue weighted by atomic mass is 32.1. The Kier molecular flexibility index (Phi) is 5.92. The summed E-state index contributed by atoms with van der Waals surface area (Å²) in [4.78, 5) is 20.2. The second kappa shape index (κ2) is 8.19. The number of nitrogens with one attached hydrogen (secondary N) is 2. The maximum absolute atomic E-state index is 12.9. The van der Waals surface area contributed by atoms with Gasteiger partial charge in [0.05, 0.1) is 22.8 Å². The van der Waals surface area contributed by atoms with Gasteiger partial charge >= 0.3 is 0 Å². The van der Waals surface area contributed by atoms with Crippen molar-refractivity contribution in [3.05, 3.63) is 33.6 Å². The van der Waals surface area contributed by atoms with E-state index in [2.05, 4.69) is 49.5 Å². The Morgan fingerprint density at radius 1 is 1.26 bits per heavy atom. The van der Waals surface area contributed by atoms with E-state index in [4.69, 9.17) is 4.98 Å². The number of carbonyl (C=O) groups excluding carboxylic acids is 1. The van der Waals surface area contributed by atoms with E-state index in [9.17, 15) is 4.79 Å². The summed E-state index contributed by atoms with van der Waals surface area (Å²) >= 11 is 1.75. The number of nitrogens with zero attached hydrogens (tertiary/aromatic N) is 3. The van der Waals surface area contributed by atoms with Gasteiger partial charge in [-0.05, 0) is 59.8 Å². The normalized spacial score (nSPS) is 11.5. The fourth-order valence-electron chi connectivity index (χ4n) is 3.17. The lowest BCUT2D eigenvalue weighted by molar-refractivity contribution is 0.0955. The number of hydrogen-bond acceptors (Lipinski definition) is 5. The monoisotopic (exact) mass is 385 g/mol. The van der Waals surface area contributed by atoms with Crippen LogP contribution in [0.5, 0.6) is 0 Å². The van der Waals surface area contributed by atoms with Crippen LogP contribution in [0.4, 0.5) is 0 Å². The highest BCUT2D eigenvalue weighted by Crippen LogP contribution is 2.32. The van der Waals surface area contributed by atoms with Crippen LogP contribution in [-0.2, 0) is 0 Å². The molecule has 0 radical (unpaired) electrons. The van der Waals surface area contributed by atoms with Crippen LogP contribution in [-0.4, -0.2) is 40.8 Å². The number of fused-ring (bicyclic) bond motifs is 1. The maximum atomic E-state index is 12.9. The standard InChI is InChI=1S/C20H27N5OS/c1-12(2)25-19-17(11-23-25)16(20(26)22-8-6-7-21-5)10-18(24-19)15-9-13(3)27-14(15)4/h9-12,21H,6-8H2,1-5H3,(H,22,26). The van der Waals surface area contributed by atoms with Crippen LogP contribution in [0.25, 0.3) is 22.3 Å². The number of hydrogen-bond donors (Lipinski definition) is 2. The summed E-state index contributed by atoms with van der Waals surface area (Å²) in [6.07, 6.45) is 2.64. The summed E-state index contributed by atoms with van der Waals surface area (Å²) in [5.74, 6) is -0.0762. The molecule has 3 aromatic rings. The van der Waals surface area contributed by atoms with Crippen molar-refractivity contribution in [2.24, 2.45) is 0 Å². The average molecular weight is 386 g/mol. The maximum Gasteiger partial charge on any atom is 0.252 e. The zero-order chi connectivity index (χ0) is 19.6. The molecule has 0 bridgehead atoms. The van der Waals surface area contributed by atoms with Gasteiger partial charge in [-0.25, -0.2) is 9.67 Å². The zero-order valence-corrected chi connectivity index (χ0v) is 17.4. The van der Waals surface area contributed by atoms with E-state index >= 15 is 0 Å². The van der Waals surface area contributed by atoms with Gasteiger partial charge in [0.2, 0.25) is 0 Å². The molecule has 0 aliphatic rings. The Hall–Kier alpha value is -2.25. The molecule has 6 nitrogen and oxygen atoms in total. The van der Waals surface area contributed by atoms with Crippen molar-refractivity contribution in [2.75, 3.05) is 20.1 Å². The molecule has 0 atom stereocenters. The van der Waals surface area contributed by atoms with E-state index in [0.29, 0.717) is 12.1 Å². The van der Waals surface area contributed by atoms with Crippen molar-refractivity contribution in [3.8, 4) is 11.3 Å². The van der Waals surface area contributed by atoms with Crippen molar-refractivity contribution in [1.29, 1.82) is 0 Å². The van der Waals surface area contributed by atoms with Crippen LogP contribution in [0.3, 0.4) is 0 Å². The fourth-order valence-corrected chi connectivity index (χ4v) is 4.10. The minimum atomic E-state index is -0.0762. The van der Waals surface area contributed by atoms with Gasteiger partial charge in [0, 0.05) is 27.9 Å². The number of aryl methyl sites for hydroxylation is 2. The highest BCUT2D eigenvalue weighted by Gasteiger charge is 2.19. The molecule has 2 N–H and O–H groups in total. The molecule has 0 spiro atoms. The lowest BCUT2D eigenvalue weighted by Gasteiger charge is -2.11. The zero-order valence-electron chi connectivity index (χ0n) is 16.6. The molecule has 3 rings (SSSR count). The molecule has 0 aliphatic heterocycles. The van der Waals surface area contributed by atoms with E-state index in [0.717, 1.165) is 35.3 Å². The van der Waals surface area contributed by atoms with Crippen molar-refractivity contribution < 1.29 is 4.79 Å². The lowest BCUT2D eigenvalue weighted by Crippen LogP contribution is -2.26. The van der Waals surface area contributed by atoms with Gasteiger partial charge in [0.1, 0.15) is 0 Å². The van der Waals surface area contributed by atoms with Crippen LogP contribution < -0.4 is 10.6 Å². The third-order valence-electron chi connectivity index (χ3n) is 4.51. The minimum Gasteiger partial charge on any atom is -0.352 e. The molecule has 0 saturated carbocycles. The van der Waals surface area contributed by atoms with Crippen molar-refractivity contribution >= 4 is 28.3 Å². The molecular formula is C20H27N5OS. The van der Waals surface area contributed by atoms with Gasteiger partial charge in [0.15, 0.2) is 5.65 Å². The number of pyridine rings is 1. The third-order valence-corrected chi connectivity index (χ3v) is 5.47. The molecule has 0 saturated heterocycles. The van der Waals surface area contributed by atoms with Gasteiger partial charge < -0.3 is 10.6 Å². The molecule has 7 heteroatoms. The molecule has 3 heterocycles. The van der Waals surface area contributed by atoms with Gasteiger partial charge in [-0.3, -0.25) is 4.79 Å². The van der Waals surface area contributed by atoms with E-state index in [-0.39, 0.29) is 11.9 Å². The van der Waals surface area contributed by atoms with Gasteiger partial charge in [-0.15, -0.1) is 11.3 Å². The minimum absolute atomic E-state index is 0.0762. The van der Waals surface area contributed by atoms with Crippen molar-refractivity contribution in [1.82, 2.24) is 25.4 Å². The first kappa shape index (κ1) is 19.5. The van der Waals surface area contributed by atoms with E-state index < -0.39 is 0 Å². The van der Waals surface area contributed by atoms with Crippen LogP contribution in [0.2, 0.25) is 0 Å². The smallest absolute Gasteiger partial charge is 0.252 e. The van der Waals surface area contributed by atoms with Gasteiger partial charge in [-0.2, -0.15) is 5.10 Å². The number of thiophene rings is 1. The Morgan fingerprint density at radius 2 is 2.04 bits per heavy atom. The number of rotatable bonds is 7. The Labute approximate surface area is 164 Å². The second-order valence-corrected chi connectivity index (χ2v) is 8.48. The van der Waals surface area contributed by atoms with E-state index in [1.807, 2.05) is 17.8 Å². The van der Waals surface area contributed by atoms with Crippen molar-refractivity contribution in [2.45, 2.75) is 40.2 Å². The molecule has 3 aromatic heterocycles. The summed E-state index contributed by atoms with van der Waals surface area (Å²) in [5.41, 5.74) is 3.30. The van der Waals surface area contributed by atoms with Crippen LogP contribution in [0.15, 0.2) is 18.3 Å². The molecule has 144 valence electrons. The summed E-state index contributed by atoms with van der Waals surface area (Å²) in [7, 11) is 1.91. The van der Waals surface area contributed by atoms with Crippen LogP contribution in [0, 0.1) is 13.8 Å². The largest absolute Gasteiger partial charge is 0.352 e. The van der Waals surface area contributed by atoms with Crippen molar-refractivity contribution in [3.63, 3.8) is 0 Å². The molecule has 1 amide bonds.